The fourth-order valence-corrected chi connectivity index (χ4v) is 2.92. The molecule has 138 valence electrons. The van der Waals surface area contributed by atoms with Crippen LogP contribution in [-0.2, 0) is 0 Å². The van der Waals surface area contributed by atoms with E-state index in [0.29, 0.717) is 11.4 Å². The molecule has 3 aromatic heterocycles. The molecule has 0 aliphatic heterocycles. The maximum Gasteiger partial charge on any atom is 0.254 e. The third-order valence-electron chi connectivity index (χ3n) is 4.34. The molecule has 1 amide bonds. The number of hydrogen-bond acceptors (Lipinski definition) is 5. The highest BCUT2D eigenvalue weighted by molar-refractivity contribution is 5.94. The molecule has 0 unspecified atom stereocenters. The van der Waals surface area contributed by atoms with Gasteiger partial charge in [-0.05, 0) is 36.8 Å². The predicted octanol–water partition coefficient (Wildman–Crippen LogP) is 3.22. The number of para-hydroxylation sites is 1. The summed E-state index contributed by atoms with van der Waals surface area (Å²) in [6, 6.07) is 13.2. The van der Waals surface area contributed by atoms with E-state index in [1.807, 2.05) is 55.6 Å². The largest absolute Gasteiger partial charge is 0.345 e. The van der Waals surface area contributed by atoms with Gasteiger partial charge in [0.2, 0.25) is 0 Å². The van der Waals surface area contributed by atoms with Gasteiger partial charge in [-0.2, -0.15) is 5.10 Å². The molecule has 1 N–H and O–H groups in total. The minimum atomic E-state index is -0.236. The molecule has 0 saturated heterocycles. The highest BCUT2D eigenvalue weighted by Gasteiger charge is 2.16. The second-order valence-corrected chi connectivity index (χ2v) is 6.24. The lowest BCUT2D eigenvalue weighted by Crippen LogP contribution is -2.27. The summed E-state index contributed by atoms with van der Waals surface area (Å²) in [6.45, 7) is 1.94. The first-order valence-electron chi connectivity index (χ1n) is 8.84. The number of nitrogens with zero attached hydrogens (tertiary/aromatic N) is 5. The Morgan fingerprint density at radius 2 is 1.82 bits per heavy atom. The summed E-state index contributed by atoms with van der Waals surface area (Å²) in [5.74, 6) is 0.294. The van der Waals surface area contributed by atoms with Crippen molar-refractivity contribution < 1.29 is 4.79 Å². The van der Waals surface area contributed by atoms with Gasteiger partial charge in [-0.1, -0.05) is 18.2 Å². The molecule has 0 aliphatic carbocycles. The first-order valence-corrected chi connectivity index (χ1v) is 8.84. The molecule has 4 aromatic rings. The molecule has 7 heteroatoms. The van der Waals surface area contributed by atoms with Crippen LogP contribution >= 0.6 is 0 Å². The van der Waals surface area contributed by atoms with Crippen molar-refractivity contribution in [2.75, 3.05) is 0 Å². The highest BCUT2D eigenvalue weighted by atomic mass is 16.1. The molecule has 1 atom stereocenters. The number of aromatic nitrogens is 5. The number of benzene rings is 1. The lowest BCUT2D eigenvalue weighted by Gasteiger charge is -2.18. The molecule has 7 nitrogen and oxygen atoms in total. The number of carbonyl (C=O) groups is 1. The third kappa shape index (κ3) is 3.64. The molecule has 0 saturated carbocycles. The number of hydrogen-bond donors (Lipinski definition) is 1. The van der Waals surface area contributed by atoms with Gasteiger partial charge in [-0.15, -0.1) is 0 Å². The van der Waals surface area contributed by atoms with Crippen LogP contribution in [0.4, 0.5) is 0 Å². The maximum absolute atomic E-state index is 12.6. The summed E-state index contributed by atoms with van der Waals surface area (Å²) in [5, 5.41) is 7.29. The minimum absolute atomic E-state index is 0.217. The van der Waals surface area contributed by atoms with Crippen molar-refractivity contribution in [2.45, 2.75) is 13.0 Å². The Morgan fingerprint density at radius 3 is 2.54 bits per heavy atom. The van der Waals surface area contributed by atoms with E-state index in [9.17, 15) is 4.79 Å². The van der Waals surface area contributed by atoms with Crippen molar-refractivity contribution in [1.29, 1.82) is 0 Å². The fourth-order valence-electron chi connectivity index (χ4n) is 2.92. The SMILES string of the molecule is C[C@H](NC(=O)c1cnc(-c2cccnc2)nc1)c1ccccc1-n1cccn1. The molecule has 0 fully saturated rings. The van der Waals surface area contributed by atoms with E-state index < -0.39 is 0 Å². The average molecular weight is 370 g/mol. The summed E-state index contributed by atoms with van der Waals surface area (Å²) in [6.07, 6.45) is 10.0. The van der Waals surface area contributed by atoms with Crippen molar-refractivity contribution >= 4 is 5.91 Å². The second-order valence-electron chi connectivity index (χ2n) is 6.24. The van der Waals surface area contributed by atoms with Gasteiger partial charge in [0.1, 0.15) is 0 Å². The van der Waals surface area contributed by atoms with Crippen LogP contribution in [0.25, 0.3) is 17.1 Å². The van der Waals surface area contributed by atoms with Crippen molar-refractivity contribution in [3.8, 4) is 17.1 Å². The Bertz CT molecular complexity index is 1060. The monoisotopic (exact) mass is 370 g/mol. The van der Waals surface area contributed by atoms with Gasteiger partial charge in [0.15, 0.2) is 5.82 Å². The Kier molecular flexibility index (Phi) is 4.88. The summed E-state index contributed by atoms with van der Waals surface area (Å²) >= 11 is 0. The second kappa shape index (κ2) is 7.79. The van der Waals surface area contributed by atoms with Gasteiger partial charge in [0.05, 0.1) is 17.3 Å². The number of nitrogens with one attached hydrogen (secondary N) is 1. The van der Waals surface area contributed by atoms with Gasteiger partial charge >= 0.3 is 0 Å². The molecule has 3 heterocycles. The molecular weight excluding hydrogens is 352 g/mol. The van der Waals surface area contributed by atoms with Crippen LogP contribution in [0, 0.1) is 0 Å². The van der Waals surface area contributed by atoms with Crippen LogP contribution in [0.5, 0.6) is 0 Å². The summed E-state index contributed by atoms with van der Waals surface area (Å²) in [5.41, 5.74) is 3.09. The molecule has 1 aromatic carbocycles. The Labute approximate surface area is 162 Å². The van der Waals surface area contributed by atoms with Crippen LogP contribution < -0.4 is 5.32 Å². The Hall–Kier alpha value is -3.87. The molecule has 28 heavy (non-hydrogen) atoms. The van der Waals surface area contributed by atoms with E-state index in [2.05, 4.69) is 25.4 Å². The quantitative estimate of drug-likeness (QED) is 0.583. The molecular formula is C21H18N6O. The maximum atomic E-state index is 12.6. The van der Waals surface area contributed by atoms with Crippen molar-refractivity contribution in [1.82, 2.24) is 30.0 Å². The van der Waals surface area contributed by atoms with E-state index in [4.69, 9.17) is 0 Å². The van der Waals surface area contributed by atoms with Gasteiger partial charge in [-0.3, -0.25) is 9.78 Å². The summed E-state index contributed by atoms with van der Waals surface area (Å²) in [7, 11) is 0. The van der Waals surface area contributed by atoms with Crippen LogP contribution in [-0.4, -0.2) is 30.6 Å². The zero-order valence-corrected chi connectivity index (χ0v) is 15.2. The third-order valence-corrected chi connectivity index (χ3v) is 4.34. The summed E-state index contributed by atoms with van der Waals surface area (Å²) < 4.78 is 1.78. The zero-order valence-electron chi connectivity index (χ0n) is 15.2. The van der Waals surface area contributed by atoms with Crippen molar-refractivity contribution in [2.24, 2.45) is 0 Å². The van der Waals surface area contributed by atoms with Crippen LogP contribution in [0.15, 0.2) is 79.6 Å². The van der Waals surface area contributed by atoms with E-state index >= 15 is 0 Å². The number of amides is 1. The lowest BCUT2D eigenvalue weighted by molar-refractivity contribution is 0.0939. The lowest BCUT2D eigenvalue weighted by atomic mass is 10.1. The van der Waals surface area contributed by atoms with Gasteiger partial charge < -0.3 is 5.32 Å². The molecule has 0 radical (unpaired) electrons. The highest BCUT2D eigenvalue weighted by Crippen LogP contribution is 2.21. The van der Waals surface area contributed by atoms with Gasteiger partial charge in [0.25, 0.3) is 5.91 Å². The Balaban J connectivity index is 1.51. The molecule has 0 spiro atoms. The van der Waals surface area contributed by atoms with Crippen molar-refractivity contribution in [3.05, 3.63) is 90.8 Å². The number of carbonyl (C=O) groups excluding carboxylic acids is 1. The molecule has 4 rings (SSSR count). The van der Waals surface area contributed by atoms with Gasteiger partial charge in [0, 0.05) is 42.7 Å². The standard InChI is InChI=1S/C21H18N6O/c1-15(18-7-2-3-8-19(18)27-11-5-10-25-27)26-21(28)17-13-23-20(24-14-17)16-6-4-9-22-12-16/h2-15H,1H3,(H,26,28)/t15-/m0/s1. The fraction of sp³-hybridized carbons (Fsp3) is 0.0952. The molecule has 0 bridgehead atoms. The van der Waals surface area contributed by atoms with Crippen LogP contribution in [0.2, 0.25) is 0 Å². The summed E-state index contributed by atoms with van der Waals surface area (Å²) in [4.78, 5) is 25.3. The minimum Gasteiger partial charge on any atom is -0.345 e. The van der Waals surface area contributed by atoms with E-state index in [-0.39, 0.29) is 11.9 Å². The predicted molar refractivity (Wildman–Crippen MR) is 105 cm³/mol. The van der Waals surface area contributed by atoms with E-state index in [1.54, 1.807) is 23.3 Å². The number of rotatable bonds is 5. The average Bonchev–Trinajstić information content (AvgIpc) is 3.29. The Morgan fingerprint density at radius 1 is 1.00 bits per heavy atom. The zero-order chi connectivity index (χ0) is 19.3. The number of pyridine rings is 1. The normalized spacial score (nSPS) is 11.8. The smallest absolute Gasteiger partial charge is 0.254 e. The van der Waals surface area contributed by atoms with Crippen LogP contribution in [0.3, 0.4) is 0 Å². The van der Waals surface area contributed by atoms with Crippen LogP contribution in [0.1, 0.15) is 28.9 Å². The molecule has 0 aliphatic rings. The van der Waals surface area contributed by atoms with Crippen molar-refractivity contribution in [3.63, 3.8) is 0 Å². The van der Waals surface area contributed by atoms with E-state index in [1.165, 1.54) is 12.4 Å². The topological polar surface area (TPSA) is 85.6 Å². The first-order chi connectivity index (χ1) is 13.7. The van der Waals surface area contributed by atoms with E-state index in [0.717, 1.165) is 16.8 Å². The first kappa shape index (κ1) is 17.5. The van der Waals surface area contributed by atoms with Gasteiger partial charge in [-0.25, -0.2) is 14.6 Å².